The molecule has 2 aliphatic heterocycles. The van der Waals surface area contributed by atoms with Crippen molar-refractivity contribution < 1.29 is 27.6 Å². The number of sulfone groups is 1. The highest BCUT2D eigenvalue weighted by molar-refractivity contribution is 7.92. The van der Waals surface area contributed by atoms with Crippen molar-refractivity contribution in [3.05, 3.63) is 51.3 Å². The van der Waals surface area contributed by atoms with Gasteiger partial charge in [0.1, 0.15) is 22.5 Å². The first-order chi connectivity index (χ1) is 13.9. The fourth-order valence-electron chi connectivity index (χ4n) is 5.26. The Bertz CT molecular complexity index is 1060. The summed E-state index contributed by atoms with van der Waals surface area (Å²) in [5.41, 5.74) is -0.969. The van der Waals surface area contributed by atoms with Crippen LogP contribution in [0.3, 0.4) is 0 Å². The number of ketones is 1. The standard InChI is InChI=1S/C21H25NO7S/c1-20(2)9-14(23)18-15(10-20)29-21(3)16(22(24)25)11-30(26,27)19(21)17(18)12-5-7-13(28-4)8-6-12/h5-8,16-17,19H,9-11H2,1-4H3/t16-,17+,19-,21+/m0/s1. The highest BCUT2D eigenvalue weighted by Crippen LogP contribution is 2.55. The Morgan fingerprint density at radius 3 is 2.37 bits per heavy atom. The van der Waals surface area contributed by atoms with Gasteiger partial charge in [-0.3, -0.25) is 14.9 Å². The average Bonchev–Trinajstić information content (AvgIpc) is 2.85. The zero-order chi connectivity index (χ0) is 22.1. The Morgan fingerprint density at radius 1 is 1.17 bits per heavy atom. The van der Waals surface area contributed by atoms with Crippen molar-refractivity contribution in [1.29, 1.82) is 0 Å². The second-order valence-corrected chi connectivity index (χ2v) is 11.5. The van der Waals surface area contributed by atoms with E-state index >= 15 is 0 Å². The van der Waals surface area contributed by atoms with Gasteiger partial charge in [0, 0.05) is 29.3 Å². The number of nitrogens with zero attached hydrogens (tertiary/aromatic N) is 1. The Morgan fingerprint density at radius 2 is 1.80 bits per heavy atom. The van der Waals surface area contributed by atoms with Crippen LogP contribution >= 0.6 is 0 Å². The maximum atomic E-state index is 13.2. The summed E-state index contributed by atoms with van der Waals surface area (Å²) < 4.78 is 37.7. The lowest BCUT2D eigenvalue weighted by molar-refractivity contribution is -0.537. The number of carbonyl (C=O) groups is 1. The van der Waals surface area contributed by atoms with Crippen LogP contribution in [0.2, 0.25) is 0 Å². The van der Waals surface area contributed by atoms with Gasteiger partial charge in [-0.25, -0.2) is 8.42 Å². The first kappa shape index (κ1) is 20.8. The van der Waals surface area contributed by atoms with Crippen LogP contribution in [-0.4, -0.2) is 48.9 Å². The number of rotatable bonds is 3. The molecule has 1 aromatic rings. The van der Waals surface area contributed by atoms with E-state index in [0.29, 0.717) is 29.1 Å². The molecule has 0 aromatic heterocycles. The third-order valence-electron chi connectivity index (χ3n) is 6.57. The molecule has 0 unspecified atom stereocenters. The first-order valence-electron chi connectivity index (χ1n) is 9.84. The van der Waals surface area contributed by atoms with Gasteiger partial charge in [0.2, 0.25) is 0 Å². The van der Waals surface area contributed by atoms with Gasteiger partial charge in [0.15, 0.2) is 21.2 Å². The fraction of sp³-hybridized carbons (Fsp3) is 0.571. The highest BCUT2D eigenvalue weighted by Gasteiger charge is 2.70. The number of methoxy groups -OCH3 is 1. The lowest BCUT2D eigenvalue weighted by atomic mass is 9.68. The molecule has 9 heteroatoms. The SMILES string of the molecule is COc1ccc([C@@H]2C3=C(CC(C)(C)CC3=O)O[C@]3(C)[C@@H]([N+](=O)[O-])CS(=O)(=O)[C@@H]23)cc1. The number of allylic oxidation sites excluding steroid dienone is 2. The molecule has 1 fully saturated rings. The second-order valence-electron chi connectivity index (χ2n) is 9.37. The highest BCUT2D eigenvalue weighted by atomic mass is 32.2. The van der Waals surface area contributed by atoms with Crippen LogP contribution in [0.4, 0.5) is 0 Å². The molecule has 2 heterocycles. The van der Waals surface area contributed by atoms with Crippen molar-refractivity contribution in [1.82, 2.24) is 0 Å². The zero-order valence-corrected chi connectivity index (χ0v) is 18.2. The van der Waals surface area contributed by atoms with E-state index in [2.05, 4.69) is 0 Å². The molecule has 162 valence electrons. The number of carbonyl (C=O) groups excluding carboxylic acids is 1. The smallest absolute Gasteiger partial charge is 0.266 e. The average molecular weight is 435 g/mol. The molecule has 0 radical (unpaired) electrons. The fourth-order valence-corrected chi connectivity index (χ4v) is 7.98. The van der Waals surface area contributed by atoms with Crippen molar-refractivity contribution >= 4 is 15.6 Å². The second kappa shape index (κ2) is 6.54. The number of hydrogen-bond acceptors (Lipinski definition) is 7. The van der Waals surface area contributed by atoms with E-state index in [4.69, 9.17) is 9.47 Å². The topological polar surface area (TPSA) is 113 Å². The molecular formula is C21H25NO7S. The summed E-state index contributed by atoms with van der Waals surface area (Å²) >= 11 is 0. The Balaban J connectivity index is 1.97. The third-order valence-corrected chi connectivity index (χ3v) is 8.86. The number of benzene rings is 1. The summed E-state index contributed by atoms with van der Waals surface area (Å²) in [6.45, 7) is 5.37. The molecule has 1 saturated heterocycles. The molecule has 4 rings (SSSR count). The van der Waals surface area contributed by atoms with Crippen molar-refractivity contribution in [2.45, 2.75) is 56.4 Å². The number of hydrogen-bond donors (Lipinski definition) is 0. The maximum Gasteiger partial charge on any atom is 0.266 e. The van der Waals surface area contributed by atoms with Crippen molar-refractivity contribution in [3.63, 3.8) is 0 Å². The summed E-state index contributed by atoms with van der Waals surface area (Å²) in [6.07, 6.45) is 0.692. The van der Waals surface area contributed by atoms with Gasteiger partial charge in [-0.2, -0.15) is 0 Å². The summed E-state index contributed by atoms with van der Waals surface area (Å²) in [7, 11) is -2.38. The van der Waals surface area contributed by atoms with E-state index in [-0.39, 0.29) is 17.6 Å². The van der Waals surface area contributed by atoms with Gasteiger partial charge in [0.05, 0.1) is 7.11 Å². The number of Topliss-reactive ketones (excluding diaryl/α,β-unsaturated/α-hetero) is 1. The Kier molecular flexibility index (Phi) is 4.54. The monoisotopic (exact) mass is 435 g/mol. The van der Waals surface area contributed by atoms with Crippen LogP contribution in [0.25, 0.3) is 0 Å². The third kappa shape index (κ3) is 3.02. The van der Waals surface area contributed by atoms with Crippen LogP contribution in [-0.2, 0) is 19.4 Å². The predicted octanol–water partition coefficient (Wildman–Crippen LogP) is 2.65. The van der Waals surface area contributed by atoms with Crippen molar-refractivity contribution in [2.24, 2.45) is 5.41 Å². The molecule has 0 bridgehead atoms. The molecule has 0 saturated carbocycles. The molecule has 3 aliphatic rings. The van der Waals surface area contributed by atoms with Crippen LogP contribution in [0.15, 0.2) is 35.6 Å². The summed E-state index contributed by atoms with van der Waals surface area (Å²) in [5.74, 6) is -0.602. The van der Waals surface area contributed by atoms with Gasteiger partial charge in [-0.05, 0) is 30.0 Å². The van der Waals surface area contributed by atoms with Crippen LogP contribution < -0.4 is 4.74 Å². The summed E-state index contributed by atoms with van der Waals surface area (Å²) in [5, 5.41) is 10.6. The van der Waals surface area contributed by atoms with Crippen LogP contribution in [0.1, 0.15) is 45.1 Å². The van der Waals surface area contributed by atoms with Gasteiger partial charge < -0.3 is 9.47 Å². The lowest BCUT2D eigenvalue weighted by Gasteiger charge is -2.46. The zero-order valence-electron chi connectivity index (χ0n) is 17.4. The van der Waals surface area contributed by atoms with E-state index in [1.807, 2.05) is 13.8 Å². The minimum Gasteiger partial charge on any atom is -0.497 e. The van der Waals surface area contributed by atoms with Crippen LogP contribution in [0, 0.1) is 15.5 Å². The van der Waals surface area contributed by atoms with E-state index in [0.717, 1.165) is 0 Å². The van der Waals surface area contributed by atoms with Gasteiger partial charge in [-0.15, -0.1) is 0 Å². The van der Waals surface area contributed by atoms with E-state index in [1.54, 1.807) is 24.3 Å². The van der Waals surface area contributed by atoms with Gasteiger partial charge in [0.25, 0.3) is 6.04 Å². The molecule has 1 aromatic carbocycles. The molecule has 0 spiro atoms. The maximum absolute atomic E-state index is 13.2. The number of fused-ring (bicyclic) bond motifs is 1. The van der Waals surface area contributed by atoms with Crippen LogP contribution in [0.5, 0.6) is 5.75 Å². The summed E-state index contributed by atoms with van der Waals surface area (Å²) in [4.78, 5) is 24.4. The summed E-state index contributed by atoms with van der Waals surface area (Å²) in [6, 6.07) is 5.45. The molecule has 0 N–H and O–H groups in total. The van der Waals surface area contributed by atoms with Crippen molar-refractivity contribution in [2.75, 3.05) is 12.9 Å². The quantitative estimate of drug-likeness (QED) is 0.530. The van der Waals surface area contributed by atoms with E-state index in [9.17, 15) is 23.3 Å². The van der Waals surface area contributed by atoms with E-state index < -0.39 is 43.3 Å². The Labute approximate surface area is 175 Å². The molecule has 8 nitrogen and oxygen atoms in total. The number of ether oxygens (including phenoxy) is 2. The van der Waals surface area contributed by atoms with Gasteiger partial charge >= 0.3 is 0 Å². The molecule has 0 amide bonds. The number of nitro groups is 1. The minimum atomic E-state index is -3.90. The molecule has 4 atom stereocenters. The first-order valence-corrected chi connectivity index (χ1v) is 11.6. The lowest BCUT2D eigenvalue weighted by Crippen LogP contribution is -2.56. The van der Waals surface area contributed by atoms with Gasteiger partial charge in [-0.1, -0.05) is 26.0 Å². The minimum absolute atomic E-state index is 0.163. The Hall–Kier alpha value is -2.42. The normalized spacial score (nSPS) is 34.0. The molecule has 30 heavy (non-hydrogen) atoms. The largest absolute Gasteiger partial charge is 0.497 e. The molecular weight excluding hydrogens is 410 g/mol. The van der Waals surface area contributed by atoms with E-state index in [1.165, 1.54) is 14.0 Å². The van der Waals surface area contributed by atoms with Crippen molar-refractivity contribution in [3.8, 4) is 5.75 Å². The molecule has 1 aliphatic carbocycles. The predicted molar refractivity (Wildman–Crippen MR) is 109 cm³/mol.